The Hall–Kier alpha value is -2.21. The quantitative estimate of drug-likeness (QED) is 0.923. The minimum Gasteiger partial charge on any atom is -0.342 e. The molecule has 1 fully saturated rings. The van der Waals surface area contributed by atoms with Crippen LogP contribution in [0, 0.1) is 6.92 Å². The van der Waals surface area contributed by atoms with E-state index in [1.807, 2.05) is 4.90 Å². The number of nitrogens with zero attached hydrogens (tertiary/aromatic N) is 4. The molecule has 0 bridgehead atoms. The molecule has 0 radical (unpaired) electrons. The van der Waals surface area contributed by atoms with Crippen LogP contribution in [0.4, 0.5) is 0 Å². The second-order valence-corrected chi connectivity index (χ2v) is 7.12. The summed E-state index contributed by atoms with van der Waals surface area (Å²) in [6.45, 7) is 6.43. The number of rotatable bonds is 3. The van der Waals surface area contributed by atoms with Crippen molar-refractivity contribution in [3.05, 3.63) is 47.0 Å². The van der Waals surface area contributed by atoms with Crippen LogP contribution in [0.1, 0.15) is 41.5 Å². The predicted octanol–water partition coefficient (Wildman–Crippen LogP) is 1.64. The van der Waals surface area contributed by atoms with Gasteiger partial charge >= 0.3 is 0 Å². The number of aromatic nitrogens is 3. The van der Waals surface area contributed by atoms with E-state index in [0.29, 0.717) is 12.3 Å². The maximum atomic E-state index is 12.6. The van der Waals surface area contributed by atoms with E-state index < -0.39 is 0 Å². The molecule has 2 aromatic rings. The van der Waals surface area contributed by atoms with Crippen LogP contribution in [-0.2, 0) is 24.3 Å². The molecule has 1 N–H and O–H groups in total. The highest BCUT2D eigenvalue weighted by atomic mass is 16.2. The first-order valence-corrected chi connectivity index (χ1v) is 9.17. The van der Waals surface area contributed by atoms with Crippen molar-refractivity contribution in [2.75, 3.05) is 19.6 Å². The Morgan fingerprint density at radius 2 is 1.92 bits per heavy atom. The van der Waals surface area contributed by atoms with Crippen LogP contribution in [-0.4, -0.2) is 45.2 Å². The Bertz CT molecular complexity index is 744. The van der Waals surface area contributed by atoms with Gasteiger partial charge in [-0.3, -0.25) is 4.79 Å². The summed E-state index contributed by atoms with van der Waals surface area (Å²) in [6, 6.07) is 8.24. The maximum Gasteiger partial charge on any atom is 0.226 e. The molecule has 0 unspecified atom stereocenters. The van der Waals surface area contributed by atoms with Gasteiger partial charge < -0.3 is 14.8 Å². The predicted molar refractivity (Wildman–Crippen MR) is 95.2 cm³/mol. The van der Waals surface area contributed by atoms with Crippen molar-refractivity contribution in [3.8, 4) is 0 Å². The van der Waals surface area contributed by atoms with Crippen LogP contribution < -0.4 is 5.32 Å². The SMILES string of the molecule is Cc1ccc(CC(=O)N2CCC(c3nnc4n3CCNC4)CC2)cc1. The number of likely N-dealkylation sites (tertiary alicyclic amines) is 1. The van der Waals surface area contributed by atoms with Gasteiger partial charge in [0.25, 0.3) is 0 Å². The van der Waals surface area contributed by atoms with Gasteiger partial charge in [-0.05, 0) is 25.3 Å². The van der Waals surface area contributed by atoms with Gasteiger partial charge in [0.1, 0.15) is 11.6 Å². The Morgan fingerprint density at radius 3 is 2.68 bits per heavy atom. The smallest absolute Gasteiger partial charge is 0.226 e. The molecule has 3 heterocycles. The first-order chi connectivity index (χ1) is 12.2. The third-order valence-electron chi connectivity index (χ3n) is 5.34. The van der Waals surface area contributed by atoms with Crippen LogP contribution in [0.5, 0.6) is 0 Å². The zero-order valence-electron chi connectivity index (χ0n) is 14.7. The van der Waals surface area contributed by atoms with Gasteiger partial charge in [-0.25, -0.2) is 0 Å². The van der Waals surface area contributed by atoms with Crippen molar-refractivity contribution in [2.24, 2.45) is 0 Å². The van der Waals surface area contributed by atoms with Crippen molar-refractivity contribution in [1.29, 1.82) is 0 Å². The normalized spacial score (nSPS) is 18.2. The van der Waals surface area contributed by atoms with E-state index in [1.165, 1.54) is 5.56 Å². The average Bonchev–Trinajstić information content (AvgIpc) is 3.08. The molecule has 1 aromatic heterocycles. The van der Waals surface area contributed by atoms with Crippen LogP contribution in [0.25, 0.3) is 0 Å². The van der Waals surface area contributed by atoms with Crippen molar-refractivity contribution in [2.45, 2.75) is 45.2 Å². The number of hydrogen-bond acceptors (Lipinski definition) is 4. The van der Waals surface area contributed by atoms with E-state index >= 15 is 0 Å². The average molecular weight is 339 g/mol. The fourth-order valence-electron chi connectivity index (χ4n) is 3.80. The Balaban J connectivity index is 1.35. The van der Waals surface area contributed by atoms with E-state index in [0.717, 1.165) is 62.8 Å². The summed E-state index contributed by atoms with van der Waals surface area (Å²) >= 11 is 0. The number of piperidine rings is 1. The second-order valence-electron chi connectivity index (χ2n) is 7.12. The Morgan fingerprint density at radius 1 is 1.16 bits per heavy atom. The van der Waals surface area contributed by atoms with Crippen molar-refractivity contribution in [3.63, 3.8) is 0 Å². The summed E-state index contributed by atoms with van der Waals surface area (Å²) in [5, 5.41) is 12.1. The number of carbonyl (C=O) groups excluding carboxylic acids is 1. The van der Waals surface area contributed by atoms with Crippen LogP contribution >= 0.6 is 0 Å². The molecule has 1 aromatic carbocycles. The lowest BCUT2D eigenvalue weighted by atomic mass is 9.95. The molecule has 0 aliphatic carbocycles. The van der Waals surface area contributed by atoms with E-state index in [9.17, 15) is 4.79 Å². The molecule has 132 valence electrons. The second kappa shape index (κ2) is 6.96. The zero-order chi connectivity index (χ0) is 17.2. The lowest BCUT2D eigenvalue weighted by Crippen LogP contribution is -2.39. The summed E-state index contributed by atoms with van der Waals surface area (Å²) in [4.78, 5) is 14.6. The van der Waals surface area contributed by atoms with Gasteiger partial charge in [0, 0.05) is 32.1 Å². The molecule has 0 spiro atoms. The fraction of sp³-hybridized carbons (Fsp3) is 0.526. The maximum absolute atomic E-state index is 12.6. The minimum absolute atomic E-state index is 0.231. The molecule has 0 saturated carbocycles. The molecule has 1 saturated heterocycles. The highest BCUT2D eigenvalue weighted by Gasteiger charge is 2.28. The topological polar surface area (TPSA) is 63.1 Å². The van der Waals surface area contributed by atoms with Gasteiger partial charge in [-0.1, -0.05) is 29.8 Å². The van der Waals surface area contributed by atoms with Crippen LogP contribution in [0.15, 0.2) is 24.3 Å². The lowest BCUT2D eigenvalue weighted by Gasteiger charge is -2.32. The molecule has 2 aliphatic rings. The minimum atomic E-state index is 0.231. The lowest BCUT2D eigenvalue weighted by molar-refractivity contribution is -0.131. The first kappa shape index (κ1) is 16.3. The number of hydrogen-bond donors (Lipinski definition) is 1. The van der Waals surface area contributed by atoms with Crippen LogP contribution in [0.2, 0.25) is 0 Å². The number of aryl methyl sites for hydroxylation is 1. The monoisotopic (exact) mass is 339 g/mol. The molecular formula is C19H25N5O. The highest BCUT2D eigenvalue weighted by Crippen LogP contribution is 2.28. The molecular weight excluding hydrogens is 314 g/mol. The number of amides is 1. The van der Waals surface area contributed by atoms with Gasteiger partial charge in [0.15, 0.2) is 0 Å². The van der Waals surface area contributed by atoms with E-state index in [2.05, 4.69) is 51.3 Å². The van der Waals surface area contributed by atoms with Gasteiger partial charge in [0.2, 0.25) is 5.91 Å². The molecule has 2 aliphatic heterocycles. The van der Waals surface area contributed by atoms with Gasteiger partial charge in [-0.2, -0.15) is 0 Å². The van der Waals surface area contributed by atoms with E-state index in [-0.39, 0.29) is 5.91 Å². The third-order valence-corrected chi connectivity index (χ3v) is 5.34. The van der Waals surface area contributed by atoms with E-state index in [4.69, 9.17) is 0 Å². The molecule has 4 rings (SSSR count). The Kier molecular flexibility index (Phi) is 4.53. The number of nitrogens with one attached hydrogen (secondary N) is 1. The summed E-state index contributed by atoms with van der Waals surface area (Å²) < 4.78 is 2.27. The third kappa shape index (κ3) is 3.44. The molecule has 25 heavy (non-hydrogen) atoms. The number of benzene rings is 1. The molecule has 6 nitrogen and oxygen atoms in total. The summed E-state index contributed by atoms with van der Waals surface area (Å²) in [7, 11) is 0. The van der Waals surface area contributed by atoms with Crippen LogP contribution in [0.3, 0.4) is 0 Å². The molecule has 1 amide bonds. The largest absolute Gasteiger partial charge is 0.342 e. The van der Waals surface area contributed by atoms with Gasteiger partial charge in [-0.15, -0.1) is 10.2 Å². The van der Waals surface area contributed by atoms with Gasteiger partial charge in [0.05, 0.1) is 13.0 Å². The number of fused-ring (bicyclic) bond motifs is 1. The fourth-order valence-corrected chi connectivity index (χ4v) is 3.80. The summed E-state index contributed by atoms with van der Waals surface area (Å²) in [5.41, 5.74) is 2.32. The summed E-state index contributed by atoms with van der Waals surface area (Å²) in [6.07, 6.45) is 2.45. The van der Waals surface area contributed by atoms with Crippen molar-refractivity contribution in [1.82, 2.24) is 25.0 Å². The van der Waals surface area contributed by atoms with E-state index in [1.54, 1.807) is 0 Å². The Labute approximate surface area is 148 Å². The molecule has 6 heteroatoms. The zero-order valence-corrected chi connectivity index (χ0v) is 14.7. The first-order valence-electron chi connectivity index (χ1n) is 9.17. The standard InChI is InChI=1S/C19H25N5O/c1-14-2-4-15(5-3-14)12-18(25)23-9-6-16(7-10-23)19-22-21-17-13-20-8-11-24(17)19/h2-5,16,20H,6-13H2,1H3. The van der Waals surface area contributed by atoms with Crippen molar-refractivity contribution >= 4 is 5.91 Å². The highest BCUT2D eigenvalue weighted by molar-refractivity contribution is 5.78. The summed E-state index contributed by atoms with van der Waals surface area (Å²) in [5.74, 6) is 2.80. The molecule has 0 atom stereocenters. The van der Waals surface area contributed by atoms with Crippen molar-refractivity contribution < 1.29 is 4.79 Å². The number of carbonyl (C=O) groups is 1.